The minimum atomic E-state index is -0.714. The first-order chi connectivity index (χ1) is 22.5. The fourth-order valence-electron chi connectivity index (χ4n) is 7.32. The summed E-state index contributed by atoms with van der Waals surface area (Å²) in [6, 6.07) is 19.0. The topological polar surface area (TPSA) is 120 Å². The number of hydrogen-bond donors (Lipinski definition) is 1. The lowest BCUT2D eigenvalue weighted by Gasteiger charge is -2.42. The Labute approximate surface area is 276 Å². The van der Waals surface area contributed by atoms with Crippen LogP contribution in [0, 0.1) is 17.8 Å². The lowest BCUT2D eigenvalue weighted by Crippen LogP contribution is -2.39. The summed E-state index contributed by atoms with van der Waals surface area (Å²) in [7, 11) is 3.92. The number of phenols is 1. The molecule has 4 atom stereocenters. The molecule has 10 heteroatoms. The Kier molecular flexibility index (Phi) is 7.51. The number of aromatic hydroxyl groups is 1. The molecule has 0 spiro atoms. The fraction of sp³-hybridized carbons (Fsp3) is 0.243. The van der Waals surface area contributed by atoms with Crippen LogP contribution in [0.1, 0.15) is 31.2 Å². The van der Waals surface area contributed by atoms with Gasteiger partial charge >= 0.3 is 0 Å². The van der Waals surface area contributed by atoms with Gasteiger partial charge in [0.2, 0.25) is 11.8 Å². The molecule has 0 aromatic heterocycles. The maximum absolute atomic E-state index is 14.2. The van der Waals surface area contributed by atoms with Gasteiger partial charge in [-0.1, -0.05) is 29.3 Å². The van der Waals surface area contributed by atoms with Gasteiger partial charge in [0.05, 0.1) is 28.9 Å². The van der Waals surface area contributed by atoms with Crippen LogP contribution in [0.3, 0.4) is 0 Å². The van der Waals surface area contributed by atoms with Crippen molar-refractivity contribution in [3.05, 3.63) is 112 Å². The van der Waals surface area contributed by atoms with Crippen molar-refractivity contribution >= 4 is 57.7 Å². The van der Waals surface area contributed by atoms with E-state index in [1.165, 1.54) is 23.1 Å². The van der Waals surface area contributed by atoms with Crippen LogP contribution in [0.5, 0.6) is 5.75 Å². The monoisotopic (exact) mass is 646 g/mol. The lowest BCUT2D eigenvalue weighted by molar-refractivity contribution is -0.123. The molecule has 0 radical (unpaired) electrons. The summed E-state index contributed by atoms with van der Waals surface area (Å²) >= 11 is 6.63. The van der Waals surface area contributed by atoms with E-state index in [2.05, 4.69) is 10.2 Å². The first-order valence-electron chi connectivity index (χ1n) is 15.4. The molecule has 1 saturated heterocycles. The number of amides is 2. The highest BCUT2D eigenvalue weighted by Crippen LogP contribution is 2.56. The van der Waals surface area contributed by atoms with E-state index in [-0.39, 0.29) is 40.6 Å². The Bertz CT molecular complexity index is 1990. The largest absolute Gasteiger partial charge is 0.508 e. The lowest BCUT2D eigenvalue weighted by atomic mass is 9.59. The van der Waals surface area contributed by atoms with E-state index in [4.69, 9.17) is 11.6 Å². The first-order valence-corrected chi connectivity index (χ1v) is 15.8. The van der Waals surface area contributed by atoms with Crippen LogP contribution in [-0.4, -0.2) is 42.6 Å². The molecule has 0 unspecified atom stereocenters. The standard InChI is InChI=1S/C37H31ClN4O5/c1-19-16-31(44)29-18-28-25(32(34(29)35(19)45)26-13-12-24(43)17-30(26)38)14-15-27-33(28)37(47)42(36(27)46)23-10-6-21(7-11-23)40-39-20-4-8-22(9-5-20)41(2)3/h4-14,16-17,27-28,32-33,43H,15,18H2,1-3H3/t27-,28+,32+,33-/m0/s1. The zero-order valence-electron chi connectivity index (χ0n) is 26.0. The number of halogens is 1. The van der Waals surface area contributed by atoms with Gasteiger partial charge in [-0.15, -0.1) is 0 Å². The second-order valence-corrected chi connectivity index (χ2v) is 13.0. The van der Waals surface area contributed by atoms with Crippen molar-refractivity contribution in [1.29, 1.82) is 0 Å². The number of azo groups is 1. The average Bonchev–Trinajstić information content (AvgIpc) is 3.31. The quantitative estimate of drug-likeness (QED) is 0.136. The van der Waals surface area contributed by atoms with Crippen LogP contribution >= 0.6 is 11.6 Å². The summed E-state index contributed by atoms with van der Waals surface area (Å²) in [6.07, 6.45) is 3.77. The Morgan fingerprint density at radius 2 is 1.53 bits per heavy atom. The number of carbonyl (C=O) groups excluding carboxylic acids is 4. The third-order valence-electron chi connectivity index (χ3n) is 9.61. The molecule has 47 heavy (non-hydrogen) atoms. The minimum Gasteiger partial charge on any atom is -0.508 e. The van der Waals surface area contributed by atoms with Crippen LogP contribution in [-0.2, 0) is 19.2 Å². The molecule has 1 fully saturated rings. The van der Waals surface area contributed by atoms with Gasteiger partial charge in [0, 0.05) is 47.4 Å². The van der Waals surface area contributed by atoms with Gasteiger partial charge in [-0.05, 0) is 98.0 Å². The normalized spacial score (nSPS) is 23.9. The second kappa shape index (κ2) is 11.6. The number of phenolic OH excluding ortho intramolecular Hbond substituents is 1. The van der Waals surface area contributed by atoms with E-state index in [1.807, 2.05) is 49.3 Å². The van der Waals surface area contributed by atoms with E-state index in [0.717, 1.165) is 11.3 Å². The number of ketones is 2. The number of Topliss-reactive ketones (excluding diaryl/α,β-unsaturated/α-hetero) is 1. The molecule has 3 aromatic carbocycles. The van der Waals surface area contributed by atoms with Crippen molar-refractivity contribution < 1.29 is 24.3 Å². The number of rotatable bonds is 5. The predicted molar refractivity (Wildman–Crippen MR) is 178 cm³/mol. The van der Waals surface area contributed by atoms with Crippen molar-refractivity contribution in [3.8, 4) is 5.75 Å². The van der Waals surface area contributed by atoms with Gasteiger partial charge in [0.1, 0.15) is 5.75 Å². The summed E-state index contributed by atoms with van der Waals surface area (Å²) in [5.41, 5.74) is 5.14. The number of fused-ring (bicyclic) bond motifs is 3. The molecule has 2 amide bonds. The van der Waals surface area contributed by atoms with E-state index in [1.54, 1.807) is 37.3 Å². The molecular weight excluding hydrogens is 616 g/mol. The predicted octanol–water partition coefficient (Wildman–Crippen LogP) is 7.16. The van der Waals surface area contributed by atoms with E-state index in [9.17, 15) is 24.3 Å². The Balaban J connectivity index is 1.20. The molecule has 0 saturated carbocycles. The van der Waals surface area contributed by atoms with Crippen molar-refractivity contribution in [2.45, 2.75) is 25.7 Å². The Morgan fingerprint density at radius 3 is 2.17 bits per heavy atom. The van der Waals surface area contributed by atoms with Crippen molar-refractivity contribution in [2.24, 2.45) is 28.0 Å². The van der Waals surface area contributed by atoms with Gasteiger partial charge in [-0.2, -0.15) is 10.2 Å². The van der Waals surface area contributed by atoms with Gasteiger partial charge in [-0.3, -0.25) is 24.1 Å². The molecule has 9 nitrogen and oxygen atoms in total. The third kappa shape index (κ3) is 5.11. The van der Waals surface area contributed by atoms with Crippen LogP contribution in [0.15, 0.2) is 111 Å². The Morgan fingerprint density at radius 1 is 0.872 bits per heavy atom. The van der Waals surface area contributed by atoms with Crippen molar-refractivity contribution in [1.82, 2.24) is 0 Å². The highest BCUT2D eigenvalue weighted by Gasteiger charge is 2.56. The first kappa shape index (κ1) is 30.5. The number of benzene rings is 3. The minimum absolute atomic E-state index is 0.0292. The molecular formula is C37H31ClN4O5. The molecule has 4 aliphatic rings. The van der Waals surface area contributed by atoms with Gasteiger partial charge in [0.15, 0.2) is 11.6 Å². The maximum Gasteiger partial charge on any atom is 0.238 e. The van der Waals surface area contributed by atoms with Crippen LogP contribution in [0.4, 0.5) is 22.7 Å². The summed E-state index contributed by atoms with van der Waals surface area (Å²) < 4.78 is 0. The summed E-state index contributed by atoms with van der Waals surface area (Å²) in [5, 5.41) is 18.9. The zero-order valence-corrected chi connectivity index (χ0v) is 26.7. The van der Waals surface area contributed by atoms with Crippen molar-refractivity contribution in [2.75, 3.05) is 23.9 Å². The maximum atomic E-state index is 14.2. The summed E-state index contributed by atoms with van der Waals surface area (Å²) in [6.45, 7) is 1.61. The highest BCUT2D eigenvalue weighted by atomic mass is 35.5. The Hall–Kier alpha value is -5.15. The number of hydrogen-bond acceptors (Lipinski definition) is 8. The van der Waals surface area contributed by atoms with E-state index in [0.29, 0.717) is 45.8 Å². The molecule has 1 aliphatic heterocycles. The van der Waals surface area contributed by atoms with Crippen LogP contribution in [0.25, 0.3) is 0 Å². The third-order valence-corrected chi connectivity index (χ3v) is 9.94. The van der Waals surface area contributed by atoms with Gasteiger partial charge < -0.3 is 10.0 Å². The number of carbonyl (C=O) groups is 4. The number of allylic oxidation sites excluding steroid dienone is 6. The molecule has 1 N–H and O–H groups in total. The second-order valence-electron chi connectivity index (χ2n) is 12.6. The highest BCUT2D eigenvalue weighted by molar-refractivity contribution is 6.32. The molecule has 0 bridgehead atoms. The zero-order chi connectivity index (χ0) is 33.1. The summed E-state index contributed by atoms with van der Waals surface area (Å²) in [5.74, 6) is -3.67. The van der Waals surface area contributed by atoms with Gasteiger partial charge in [-0.25, -0.2) is 0 Å². The van der Waals surface area contributed by atoms with E-state index < -0.39 is 23.7 Å². The smallest absolute Gasteiger partial charge is 0.238 e. The van der Waals surface area contributed by atoms with Crippen molar-refractivity contribution in [3.63, 3.8) is 0 Å². The average molecular weight is 647 g/mol. The number of nitrogens with zero attached hydrogens (tertiary/aromatic N) is 4. The summed E-state index contributed by atoms with van der Waals surface area (Å²) in [4.78, 5) is 58.2. The molecule has 3 aliphatic carbocycles. The van der Waals surface area contributed by atoms with Crippen LogP contribution < -0.4 is 9.80 Å². The number of imide groups is 1. The molecule has 3 aromatic rings. The molecule has 236 valence electrons. The molecule has 1 heterocycles. The fourth-order valence-corrected chi connectivity index (χ4v) is 7.61. The molecule has 7 rings (SSSR count). The van der Waals surface area contributed by atoms with Gasteiger partial charge in [0.25, 0.3) is 0 Å². The SMILES string of the molecule is CC1=CC(=O)C2=C(C1=O)[C@@H](c1ccc(O)cc1Cl)C1=CC[C@@H]3C(=O)N(c4ccc(N=Nc5ccc(N(C)C)cc5)cc4)C(=O)[C@@H]3[C@@H]1C2. The van der Waals surface area contributed by atoms with E-state index >= 15 is 0 Å². The number of anilines is 2. The van der Waals surface area contributed by atoms with Crippen LogP contribution in [0.2, 0.25) is 5.02 Å².